The van der Waals surface area contributed by atoms with E-state index in [9.17, 15) is 44.7 Å². The Morgan fingerprint density at radius 2 is 1.24 bits per heavy atom. The highest BCUT2D eigenvalue weighted by atomic mass is 19.4. The maximum Gasteiger partial charge on any atom is 0.491 e. The van der Waals surface area contributed by atoms with Crippen LogP contribution >= 0.6 is 0 Å². The summed E-state index contributed by atoms with van der Waals surface area (Å²) in [7, 11) is 0. The van der Waals surface area contributed by atoms with Gasteiger partial charge in [-0.1, -0.05) is 6.92 Å². The lowest BCUT2D eigenvalue weighted by atomic mass is 10.2. The van der Waals surface area contributed by atoms with E-state index in [1.54, 1.807) is 0 Å². The minimum atomic E-state index is -6.31. The Morgan fingerprint density at radius 1 is 0.857 bits per heavy atom. The molecule has 0 aliphatic heterocycles. The van der Waals surface area contributed by atoms with E-state index in [-0.39, 0.29) is 0 Å². The zero-order valence-corrected chi connectivity index (χ0v) is 10.4. The van der Waals surface area contributed by atoms with Crippen LogP contribution in [0.5, 0.6) is 0 Å². The van der Waals surface area contributed by atoms with Gasteiger partial charge in [0, 0.05) is 13.3 Å². The van der Waals surface area contributed by atoms with Gasteiger partial charge in [0.25, 0.3) is 5.79 Å². The molecule has 21 heavy (non-hydrogen) atoms. The Labute approximate surface area is 112 Å². The number of hydrogen-bond donors (Lipinski definition) is 0. The molecule has 0 aliphatic carbocycles. The van der Waals surface area contributed by atoms with E-state index in [1.165, 1.54) is 0 Å². The third-order valence-corrected chi connectivity index (χ3v) is 2.10. The first-order chi connectivity index (χ1) is 9.07. The van der Waals surface area contributed by atoms with Crippen molar-refractivity contribution in [2.75, 3.05) is 0 Å². The molecular weight excluding hydrogens is 324 g/mol. The van der Waals surface area contributed by atoms with Crippen LogP contribution in [0.4, 0.5) is 35.1 Å². The van der Waals surface area contributed by atoms with Gasteiger partial charge < -0.3 is 9.47 Å². The van der Waals surface area contributed by atoms with Crippen LogP contribution in [0.15, 0.2) is 0 Å². The molecule has 0 N–H and O–H groups in total. The lowest BCUT2D eigenvalue weighted by Gasteiger charge is -2.30. The summed E-state index contributed by atoms with van der Waals surface area (Å²) in [6, 6.07) is 0. The highest BCUT2D eigenvalue weighted by molar-refractivity contribution is 5.80. The number of carbonyl (C=O) groups is 2. The second kappa shape index (κ2) is 5.64. The Balaban J connectivity index is 5.16. The van der Waals surface area contributed by atoms with Crippen LogP contribution in [0.1, 0.15) is 20.3 Å². The molecule has 0 aliphatic rings. The second-order valence-corrected chi connectivity index (χ2v) is 3.84. The highest BCUT2D eigenvalue weighted by Gasteiger charge is 2.66. The maximum atomic E-state index is 12.6. The summed E-state index contributed by atoms with van der Waals surface area (Å²) < 4.78 is 104. The van der Waals surface area contributed by atoms with Crippen molar-refractivity contribution in [3.63, 3.8) is 0 Å². The molecule has 0 aromatic heterocycles. The zero-order valence-electron chi connectivity index (χ0n) is 10.4. The smallest absolute Gasteiger partial charge is 0.418 e. The summed E-state index contributed by atoms with van der Waals surface area (Å²) >= 11 is 0. The molecule has 0 bridgehead atoms. The van der Waals surface area contributed by atoms with Gasteiger partial charge in [-0.25, -0.2) is 9.59 Å². The molecule has 0 fully saturated rings. The first-order valence-electron chi connectivity index (χ1n) is 5.05. The lowest BCUT2D eigenvalue weighted by molar-refractivity contribution is -0.300. The van der Waals surface area contributed by atoms with Crippen LogP contribution < -0.4 is 0 Å². The lowest BCUT2D eigenvalue weighted by Crippen LogP contribution is -2.50. The van der Waals surface area contributed by atoms with Crippen LogP contribution in [0.25, 0.3) is 0 Å². The summed E-state index contributed by atoms with van der Waals surface area (Å²) in [6.45, 7) is 1.36. The normalized spacial score (nSPS) is 16.1. The van der Waals surface area contributed by atoms with Gasteiger partial charge in [0.2, 0.25) is 0 Å². The number of alkyl halides is 8. The van der Waals surface area contributed by atoms with Gasteiger partial charge in [0.1, 0.15) is 0 Å². The largest absolute Gasteiger partial charge is 0.491 e. The summed E-state index contributed by atoms with van der Waals surface area (Å²) in [5.74, 6) is -15.0. The maximum absolute atomic E-state index is 12.6. The molecule has 1 atom stereocenters. The van der Waals surface area contributed by atoms with E-state index in [2.05, 4.69) is 9.47 Å². The average molecular weight is 332 g/mol. The van der Waals surface area contributed by atoms with E-state index in [0.717, 1.165) is 6.92 Å². The molecular formula is C9H8F8O4. The number of esters is 2. The van der Waals surface area contributed by atoms with Crippen LogP contribution in [0.2, 0.25) is 0 Å². The molecule has 4 nitrogen and oxygen atoms in total. The summed E-state index contributed by atoms with van der Waals surface area (Å²) in [5, 5.41) is 0. The van der Waals surface area contributed by atoms with Gasteiger partial charge in [-0.05, 0) is 0 Å². The first-order valence-corrected chi connectivity index (χ1v) is 5.05. The third-order valence-electron chi connectivity index (χ3n) is 2.10. The zero-order chi connectivity index (χ0) is 17.3. The fraction of sp³-hybridized carbons (Fsp3) is 0.778. The van der Waals surface area contributed by atoms with Crippen molar-refractivity contribution in [1.82, 2.24) is 0 Å². The van der Waals surface area contributed by atoms with Crippen molar-refractivity contribution in [2.45, 2.75) is 44.3 Å². The summed E-state index contributed by atoms with van der Waals surface area (Å²) in [5.41, 5.74) is 0. The van der Waals surface area contributed by atoms with E-state index in [0.29, 0.717) is 6.92 Å². The number of rotatable bonds is 4. The quantitative estimate of drug-likeness (QED) is 0.451. The van der Waals surface area contributed by atoms with Crippen molar-refractivity contribution >= 4 is 11.9 Å². The van der Waals surface area contributed by atoms with Gasteiger partial charge in [-0.3, -0.25) is 0 Å². The molecule has 124 valence electrons. The van der Waals surface area contributed by atoms with E-state index in [4.69, 9.17) is 0 Å². The van der Waals surface area contributed by atoms with E-state index >= 15 is 0 Å². The van der Waals surface area contributed by atoms with Gasteiger partial charge in [0.05, 0.1) is 0 Å². The van der Waals surface area contributed by atoms with Crippen molar-refractivity contribution < 1.29 is 54.2 Å². The molecule has 0 aromatic carbocycles. The molecule has 1 unspecified atom stereocenters. The fourth-order valence-corrected chi connectivity index (χ4v) is 0.795. The Bertz CT molecular complexity index is 413. The molecule has 0 radical (unpaired) electrons. The SMILES string of the molecule is CCC(C)(OC(=O)C(F)(F)F)OC(=O)C(F)(F)C(F)(F)F. The summed E-state index contributed by atoms with van der Waals surface area (Å²) in [4.78, 5) is 21.3. The standard InChI is InChI=1S/C9H8F8O4/c1-3-6(2,21-5(19)8(12,13)14)20-4(18)7(10,11)9(15,16)17/h3H2,1-2H3. The number of carbonyl (C=O) groups excluding carboxylic acids is 2. The van der Waals surface area contributed by atoms with Crippen LogP contribution in [0.3, 0.4) is 0 Å². The molecule has 0 saturated heterocycles. The second-order valence-electron chi connectivity index (χ2n) is 3.84. The van der Waals surface area contributed by atoms with Crippen LogP contribution in [-0.4, -0.2) is 36.0 Å². The van der Waals surface area contributed by atoms with Crippen molar-refractivity contribution in [3.8, 4) is 0 Å². The molecule has 0 spiro atoms. The number of ether oxygens (including phenoxy) is 2. The minimum absolute atomic E-state index is 0.432. The minimum Gasteiger partial charge on any atom is -0.418 e. The number of hydrogen-bond acceptors (Lipinski definition) is 4. The van der Waals surface area contributed by atoms with Crippen molar-refractivity contribution in [2.24, 2.45) is 0 Å². The molecule has 12 heteroatoms. The molecule has 0 saturated carbocycles. The molecule has 0 aromatic rings. The van der Waals surface area contributed by atoms with E-state index < -0.39 is 42.4 Å². The van der Waals surface area contributed by atoms with Gasteiger partial charge in [0.15, 0.2) is 0 Å². The monoisotopic (exact) mass is 332 g/mol. The van der Waals surface area contributed by atoms with Crippen molar-refractivity contribution in [3.05, 3.63) is 0 Å². The fourth-order valence-electron chi connectivity index (χ4n) is 0.795. The van der Waals surface area contributed by atoms with Gasteiger partial charge in [-0.2, -0.15) is 35.1 Å². The van der Waals surface area contributed by atoms with Crippen LogP contribution in [-0.2, 0) is 19.1 Å². The Hall–Kier alpha value is -1.62. The molecule has 0 rings (SSSR count). The Kier molecular flexibility index (Phi) is 5.20. The van der Waals surface area contributed by atoms with Crippen molar-refractivity contribution in [1.29, 1.82) is 0 Å². The average Bonchev–Trinajstić information content (AvgIpc) is 2.25. The molecule has 0 amide bonds. The van der Waals surface area contributed by atoms with E-state index in [1.807, 2.05) is 0 Å². The number of halogens is 8. The van der Waals surface area contributed by atoms with Gasteiger partial charge in [-0.15, -0.1) is 0 Å². The summed E-state index contributed by atoms with van der Waals surface area (Å²) in [6.07, 6.45) is -12.7. The van der Waals surface area contributed by atoms with Crippen LogP contribution in [0, 0.1) is 0 Å². The third kappa shape index (κ3) is 4.70. The first kappa shape index (κ1) is 19.4. The molecule has 0 heterocycles. The Morgan fingerprint density at radius 3 is 1.52 bits per heavy atom. The predicted octanol–water partition coefficient (Wildman–Crippen LogP) is 2.96. The van der Waals surface area contributed by atoms with Gasteiger partial charge >= 0.3 is 30.2 Å². The topological polar surface area (TPSA) is 52.6 Å². The predicted molar refractivity (Wildman–Crippen MR) is 47.9 cm³/mol. The highest BCUT2D eigenvalue weighted by Crippen LogP contribution is 2.38.